The molecule has 0 atom stereocenters. The van der Waals surface area contributed by atoms with Crippen molar-refractivity contribution in [2.75, 3.05) is 39.4 Å². The van der Waals surface area contributed by atoms with Gasteiger partial charge in [-0.1, -0.05) is 0 Å². The number of carbonyl (C=O) groups excluding carboxylic acids is 4. The highest BCUT2D eigenvalue weighted by Crippen LogP contribution is 2.09. The number of ether oxygens (including phenoxy) is 1. The number of aliphatic hydroxyl groups excluding tert-OH is 1. The third-order valence-electron chi connectivity index (χ3n) is 5.47. The van der Waals surface area contributed by atoms with Gasteiger partial charge < -0.3 is 19.6 Å². The van der Waals surface area contributed by atoms with Crippen LogP contribution in [0.25, 0.3) is 0 Å². The first kappa shape index (κ1) is 27.3. The average Bonchev–Trinajstić information content (AvgIpc) is 3.73. The van der Waals surface area contributed by atoms with Crippen molar-refractivity contribution in [1.82, 2.24) is 38.5 Å². The highest BCUT2D eigenvalue weighted by Gasteiger charge is 2.20. The number of nitrogens with zero attached hydrogens (tertiary/aromatic N) is 8. The topological polar surface area (TPSA) is 158 Å². The summed E-state index contributed by atoms with van der Waals surface area (Å²) >= 11 is 0. The molecule has 0 bridgehead atoms. The van der Waals surface area contributed by atoms with Crippen LogP contribution in [0.1, 0.15) is 25.7 Å². The lowest BCUT2D eigenvalue weighted by Crippen LogP contribution is -2.29. The van der Waals surface area contributed by atoms with Crippen molar-refractivity contribution in [2.45, 2.75) is 25.7 Å². The number of carbonyl (C=O) groups is 4. The molecular weight excluding hydrogens is 484 g/mol. The van der Waals surface area contributed by atoms with E-state index in [1.165, 1.54) is 45.1 Å². The van der Waals surface area contributed by atoms with Crippen LogP contribution in [0.5, 0.6) is 0 Å². The monoisotopic (exact) mass is 514 g/mol. The highest BCUT2D eigenvalue weighted by atomic mass is 16.5. The number of amides is 2. The fourth-order valence-corrected chi connectivity index (χ4v) is 3.56. The van der Waals surface area contributed by atoms with E-state index in [-0.39, 0.29) is 31.1 Å². The molecule has 2 aliphatic rings. The maximum Gasteiger partial charge on any atom is 0.419 e. The average molecular weight is 515 g/mol. The van der Waals surface area contributed by atoms with Crippen LogP contribution in [0.2, 0.25) is 0 Å². The van der Waals surface area contributed by atoms with E-state index >= 15 is 0 Å². The zero-order valence-electron chi connectivity index (χ0n) is 20.3. The van der Waals surface area contributed by atoms with Crippen molar-refractivity contribution >= 4 is 23.9 Å². The van der Waals surface area contributed by atoms with E-state index in [0.717, 1.165) is 25.9 Å². The van der Waals surface area contributed by atoms with Crippen LogP contribution in [0.3, 0.4) is 0 Å². The lowest BCUT2D eigenvalue weighted by atomic mass is 10.4. The summed E-state index contributed by atoms with van der Waals surface area (Å²) in [6, 6.07) is -0.190. The van der Waals surface area contributed by atoms with Crippen molar-refractivity contribution in [3.05, 3.63) is 56.2 Å². The Bertz CT molecular complexity index is 1080. The molecule has 0 aliphatic carbocycles. The van der Waals surface area contributed by atoms with E-state index in [2.05, 4.69) is 15.0 Å². The molecule has 14 nitrogen and oxygen atoms in total. The van der Waals surface area contributed by atoms with Crippen molar-refractivity contribution in [3.63, 3.8) is 0 Å². The molecule has 2 amide bonds. The van der Waals surface area contributed by atoms with Gasteiger partial charge in [-0.3, -0.25) is 18.7 Å². The molecule has 2 saturated heterocycles. The van der Waals surface area contributed by atoms with Gasteiger partial charge >= 0.3 is 12.1 Å². The van der Waals surface area contributed by atoms with Gasteiger partial charge in [0.05, 0.1) is 13.2 Å². The van der Waals surface area contributed by atoms with Gasteiger partial charge in [0.15, 0.2) is 0 Å². The number of rotatable bonds is 5. The lowest BCUT2D eigenvalue weighted by molar-refractivity contribution is -0.128. The molecule has 198 valence electrons. The van der Waals surface area contributed by atoms with E-state index in [1.54, 1.807) is 34.6 Å². The first-order valence-corrected chi connectivity index (χ1v) is 11.8. The maximum atomic E-state index is 11.4. The Hall–Kier alpha value is -4.33. The Morgan fingerprint density at radius 1 is 0.784 bits per heavy atom. The minimum absolute atomic E-state index is 0.0890. The van der Waals surface area contributed by atoms with E-state index in [1.807, 2.05) is 0 Å². The maximum absolute atomic E-state index is 11.4. The van der Waals surface area contributed by atoms with Gasteiger partial charge in [0.2, 0.25) is 11.8 Å². The molecule has 0 radical (unpaired) electrons. The normalized spacial score (nSPS) is 14.6. The number of β-amino-alcohol motifs (C(OH)–C–C–N with tert-alkyl or cyclic N) is 1. The second kappa shape index (κ2) is 14.3. The molecule has 5 heterocycles. The molecule has 37 heavy (non-hydrogen) atoms. The molecule has 1 N–H and O–H groups in total. The summed E-state index contributed by atoms with van der Waals surface area (Å²) in [5, 5.41) is 8.45. The Labute approximate surface area is 213 Å². The molecule has 0 saturated carbocycles. The summed E-state index contributed by atoms with van der Waals surface area (Å²) in [6.45, 7) is 2.90. The van der Waals surface area contributed by atoms with Gasteiger partial charge in [-0.2, -0.15) is 0 Å². The number of likely N-dealkylation sites (tertiary alicyclic amines) is 2. The molecular formula is C23H30N8O6. The smallest absolute Gasteiger partial charge is 0.419 e. The Balaban J connectivity index is 0.000000161. The van der Waals surface area contributed by atoms with E-state index in [4.69, 9.17) is 9.84 Å². The van der Waals surface area contributed by atoms with Crippen LogP contribution in [-0.4, -0.2) is 107 Å². The molecule has 14 heteroatoms. The van der Waals surface area contributed by atoms with Gasteiger partial charge in [-0.15, -0.1) is 0 Å². The minimum Gasteiger partial charge on any atom is -0.447 e. The molecule has 3 aromatic heterocycles. The van der Waals surface area contributed by atoms with Crippen LogP contribution in [-0.2, 0) is 14.3 Å². The fourth-order valence-electron chi connectivity index (χ4n) is 3.56. The summed E-state index contributed by atoms with van der Waals surface area (Å²) in [7, 11) is 0. The number of aliphatic hydroxyl groups is 1. The van der Waals surface area contributed by atoms with Crippen molar-refractivity contribution in [2.24, 2.45) is 0 Å². The first-order valence-electron chi connectivity index (χ1n) is 11.8. The van der Waals surface area contributed by atoms with E-state index in [0.29, 0.717) is 25.9 Å². The molecule has 2 aliphatic heterocycles. The Kier molecular flexibility index (Phi) is 10.5. The summed E-state index contributed by atoms with van der Waals surface area (Å²) in [6.07, 6.45) is 16.2. The van der Waals surface area contributed by atoms with Crippen molar-refractivity contribution in [3.8, 4) is 0 Å². The minimum atomic E-state index is -0.468. The van der Waals surface area contributed by atoms with Gasteiger partial charge in [-0.05, 0) is 12.8 Å². The SMILES string of the molecule is O=C(n1ccnc1)n1ccnc1.O=C1CCCN1CCO.O=C1CCCN1CCOC(=O)n1ccnc1. The second-order valence-electron chi connectivity index (χ2n) is 8.00. The molecule has 3 aromatic rings. The van der Waals surface area contributed by atoms with Crippen molar-refractivity contribution in [1.29, 1.82) is 0 Å². The summed E-state index contributed by atoms with van der Waals surface area (Å²) < 4.78 is 9.00. The van der Waals surface area contributed by atoms with Crippen LogP contribution in [0.15, 0.2) is 56.2 Å². The number of hydrogen-bond donors (Lipinski definition) is 1. The van der Waals surface area contributed by atoms with Gasteiger partial charge in [-0.25, -0.2) is 29.1 Å². The van der Waals surface area contributed by atoms with E-state index in [9.17, 15) is 19.2 Å². The van der Waals surface area contributed by atoms with Gasteiger partial charge in [0.1, 0.15) is 25.6 Å². The summed E-state index contributed by atoms with van der Waals surface area (Å²) in [5.41, 5.74) is 0. The Morgan fingerprint density at radius 3 is 1.68 bits per heavy atom. The Morgan fingerprint density at radius 2 is 1.27 bits per heavy atom. The first-order chi connectivity index (χ1) is 18.0. The highest BCUT2D eigenvalue weighted by molar-refractivity contribution is 5.79. The zero-order valence-corrected chi connectivity index (χ0v) is 20.3. The molecule has 0 aromatic carbocycles. The molecule has 0 unspecified atom stereocenters. The lowest BCUT2D eigenvalue weighted by Gasteiger charge is -2.14. The summed E-state index contributed by atoms with van der Waals surface area (Å²) in [4.78, 5) is 59.5. The third-order valence-corrected chi connectivity index (χ3v) is 5.47. The third kappa shape index (κ3) is 8.38. The van der Waals surface area contributed by atoms with Crippen LogP contribution >= 0.6 is 0 Å². The van der Waals surface area contributed by atoms with E-state index < -0.39 is 6.09 Å². The number of imidazole rings is 3. The molecule has 5 rings (SSSR count). The van der Waals surface area contributed by atoms with Gasteiger partial charge in [0, 0.05) is 69.7 Å². The molecule has 2 fully saturated rings. The quantitative estimate of drug-likeness (QED) is 0.517. The van der Waals surface area contributed by atoms with Crippen LogP contribution in [0, 0.1) is 0 Å². The molecule has 0 spiro atoms. The number of aromatic nitrogens is 6. The fraction of sp³-hybridized carbons (Fsp3) is 0.435. The van der Waals surface area contributed by atoms with Crippen LogP contribution < -0.4 is 0 Å². The van der Waals surface area contributed by atoms with Gasteiger partial charge in [0.25, 0.3) is 0 Å². The standard InChI is InChI=1S/C10H13N3O3.C7H6N4O.C6H11NO2/c14-9-2-1-4-12(9)6-7-16-10(15)13-5-3-11-8-13;12-7(10-3-1-8-5-10)11-4-2-9-6-11;8-5-4-7-3-1-2-6(7)9/h3,5,8H,1-2,4,6-7H2;1-6H;8H,1-5H2. The second-order valence-corrected chi connectivity index (χ2v) is 8.00. The summed E-state index contributed by atoms with van der Waals surface area (Å²) in [5.74, 6) is 0.322. The van der Waals surface area contributed by atoms with Crippen LogP contribution in [0.4, 0.5) is 9.59 Å². The largest absolute Gasteiger partial charge is 0.447 e. The predicted octanol–water partition coefficient (Wildman–Crippen LogP) is 0.687. The predicted molar refractivity (Wildman–Crippen MR) is 128 cm³/mol. The van der Waals surface area contributed by atoms with Crippen molar-refractivity contribution < 1.29 is 29.0 Å². The zero-order chi connectivity index (χ0) is 26.5. The number of hydrogen-bond acceptors (Lipinski definition) is 9.